The molecule has 0 unspecified atom stereocenters. The Bertz CT molecular complexity index is 622. The molecule has 0 fully saturated rings. The van der Waals surface area contributed by atoms with Crippen LogP contribution < -0.4 is 14.2 Å². The third-order valence-corrected chi connectivity index (χ3v) is 3.09. The highest BCUT2D eigenvalue weighted by atomic mass is 16.7. The first-order chi connectivity index (χ1) is 11.7. The van der Waals surface area contributed by atoms with E-state index < -0.39 is 6.29 Å². The number of aromatic nitrogens is 2. The summed E-state index contributed by atoms with van der Waals surface area (Å²) in [7, 11) is 3.03. The van der Waals surface area contributed by atoms with Gasteiger partial charge < -0.3 is 23.7 Å². The van der Waals surface area contributed by atoms with E-state index in [-0.39, 0.29) is 6.01 Å². The SMILES string of the molecule is CCOC(OCC)c1ccccc1Oc1nc(OC)cc(OC)n1. The molecule has 0 aliphatic rings. The Morgan fingerprint density at radius 1 is 0.917 bits per heavy atom. The van der Waals surface area contributed by atoms with Crippen LogP contribution >= 0.6 is 0 Å². The number of nitrogens with zero attached hydrogens (tertiary/aromatic N) is 2. The van der Waals surface area contributed by atoms with Crippen LogP contribution in [0, 0.1) is 0 Å². The van der Waals surface area contributed by atoms with Crippen molar-refractivity contribution in [2.45, 2.75) is 20.1 Å². The molecule has 1 aromatic carbocycles. The van der Waals surface area contributed by atoms with Gasteiger partial charge in [-0.1, -0.05) is 18.2 Å². The van der Waals surface area contributed by atoms with E-state index in [0.29, 0.717) is 30.7 Å². The molecule has 0 saturated heterocycles. The molecular weight excluding hydrogens is 312 g/mol. The molecule has 2 rings (SSSR count). The van der Waals surface area contributed by atoms with Gasteiger partial charge in [-0.3, -0.25) is 0 Å². The van der Waals surface area contributed by atoms with Crippen molar-refractivity contribution in [3.63, 3.8) is 0 Å². The third kappa shape index (κ3) is 4.56. The summed E-state index contributed by atoms with van der Waals surface area (Å²) >= 11 is 0. The van der Waals surface area contributed by atoms with E-state index in [9.17, 15) is 0 Å². The maximum absolute atomic E-state index is 5.83. The van der Waals surface area contributed by atoms with Crippen LogP contribution in [0.2, 0.25) is 0 Å². The molecule has 0 radical (unpaired) electrons. The van der Waals surface area contributed by atoms with E-state index in [1.807, 2.05) is 32.0 Å². The highest BCUT2D eigenvalue weighted by molar-refractivity contribution is 5.37. The lowest BCUT2D eigenvalue weighted by atomic mass is 10.2. The summed E-state index contributed by atoms with van der Waals surface area (Å²) in [5.74, 6) is 1.24. The van der Waals surface area contributed by atoms with Gasteiger partial charge in [0.25, 0.3) is 0 Å². The third-order valence-electron chi connectivity index (χ3n) is 3.09. The Labute approximate surface area is 141 Å². The first-order valence-electron chi connectivity index (χ1n) is 7.68. The molecule has 0 bridgehead atoms. The van der Waals surface area contributed by atoms with Crippen LogP contribution in [0.25, 0.3) is 0 Å². The fraction of sp³-hybridized carbons (Fsp3) is 0.412. The van der Waals surface area contributed by atoms with Gasteiger partial charge in [0.2, 0.25) is 11.8 Å². The van der Waals surface area contributed by atoms with Crippen LogP contribution in [-0.2, 0) is 9.47 Å². The second-order valence-electron chi connectivity index (χ2n) is 4.62. The highest BCUT2D eigenvalue weighted by Crippen LogP contribution is 2.32. The predicted octanol–water partition coefficient (Wildman–Crippen LogP) is 3.36. The van der Waals surface area contributed by atoms with E-state index in [2.05, 4.69) is 9.97 Å². The smallest absolute Gasteiger partial charge is 0.328 e. The second kappa shape index (κ2) is 9.05. The first-order valence-corrected chi connectivity index (χ1v) is 7.68. The molecular formula is C17H22N2O5. The van der Waals surface area contributed by atoms with Gasteiger partial charge >= 0.3 is 6.01 Å². The number of benzene rings is 1. The van der Waals surface area contributed by atoms with Crippen molar-refractivity contribution in [1.29, 1.82) is 0 Å². The van der Waals surface area contributed by atoms with Crippen LogP contribution in [0.1, 0.15) is 25.7 Å². The van der Waals surface area contributed by atoms with E-state index in [1.165, 1.54) is 14.2 Å². The number of hydrogen-bond acceptors (Lipinski definition) is 7. The topological polar surface area (TPSA) is 71.9 Å². The summed E-state index contributed by atoms with van der Waals surface area (Å²) in [5, 5.41) is 0. The average molecular weight is 334 g/mol. The Balaban J connectivity index is 2.33. The number of para-hydroxylation sites is 1. The monoisotopic (exact) mass is 334 g/mol. The highest BCUT2D eigenvalue weighted by Gasteiger charge is 2.18. The fourth-order valence-corrected chi connectivity index (χ4v) is 2.04. The summed E-state index contributed by atoms with van der Waals surface area (Å²) in [6.07, 6.45) is -0.524. The molecule has 0 atom stereocenters. The zero-order valence-corrected chi connectivity index (χ0v) is 14.3. The van der Waals surface area contributed by atoms with Crippen molar-refractivity contribution < 1.29 is 23.7 Å². The Morgan fingerprint density at radius 3 is 2.04 bits per heavy atom. The van der Waals surface area contributed by atoms with Crippen molar-refractivity contribution in [1.82, 2.24) is 9.97 Å². The van der Waals surface area contributed by atoms with Gasteiger partial charge in [-0.05, 0) is 19.9 Å². The molecule has 0 spiro atoms. The minimum Gasteiger partial charge on any atom is -0.481 e. The molecule has 1 aromatic heterocycles. The molecule has 7 heteroatoms. The molecule has 24 heavy (non-hydrogen) atoms. The molecule has 0 aliphatic carbocycles. The van der Waals surface area contributed by atoms with Crippen LogP contribution in [0.4, 0.5) is 0 Å². The summed E-state index contributed by atoms with van der Waals surface area (Å²) in [6, 6.07) is 9.11. The number of hydrogen-bond donors (Lipinski definition) is 0. The van der Waals surface area contributed by atoms with Crippen molar-refractivity contribution in [3.8, 4) is 23.5 Å². The van der Waals surface area contributed by atoms with E-state index >= 15 is 0 Å². The predicted molar refractivity (Wildman–Crippen MR) is 87.6 cm³/mol. The van der Waals surface area contributed by atoms with Crippen LogP contribution in [0.15, 0.2) is 30.3 Å². The molecule has 1 heterocycles. The molecule has 0 aliphatic heterocycles. The normalized spacial score (nSPS) is 10.7. The summed E-state index contributed by atoms with van der Waals surface area (Å²) < 4.78 is 27.4. The van der Waals surface area contributed by atoms with Gasteiger partial charge in [0, 0.05) is 13.2 Å². The zero-order chi connectivity index (χ0) is 17.4. The van der Waals surface area contributed by atoms with Crippen molar-refractivity contribution in [2.24, 2.45) is 0 Å². The van der Waals surface area contributed by atoms with Crippen molar-refractivity contribution in [3.05, 3.63) is 35.9 Å². The van der Waals surface area contributed by atoms with Crippen molar-refractivity contribution >= 4 is 0 Å². The van der Waals surface area contributed by atoms with Gasteiger partial charge in [0.1, 0.15) is 5.75 Å². The molecule has 0 amide bonds. The van der Waals surface area contributed by atoms with Gasteiger partial charge in [-0.15, -0.1) is 0 Å². The van der Waals surface area contributed by atoms with Crippen molar-refractivity contribution in [2.75, 3.05) is 27.4 Å². The number of methoxy groups -OCH3 is 2. The molecule has 130 valence electrons. The van der Waals surface area contributed by atoms with Crippen LogP contribution in [-0.4, -0.2) is 37.4 Å². The van der Waals surface area contributed by atoms with Gasteiger partial charge in [-0.25, -0.2) is 0 Å². The average Bonchev–Trinajstić information content (AvgIpc) is 2.61. The Hall–Kier alpha value is -2.38. The summed E-state index contributed by atoms with van der Waals surface area (Å²) in [6.45, 7) is 4.85. The van der Waals surface area contributed by atoms with Crippen LogP contribution in [0.3, 0.4) is 0 Å². The molecule has 7 nitrogen and oxygen atoms in total. The Morgan fingerprint density at radius 2 is 1.50 bits per heavy atom. The minimum atomic E-state index is -0.524. The van der Waals surface area contributed by atoms with E-state index in [1.54, 1.807) is 12.1 Å². The van der Waals surface area contributed by atoms with Gasteiger partial charge in [-0.2, -0.15) is 9.97 Å². The largest absolute Gasteiger partial charge is 0.481 e. The molecule has 2 aromatic rings. The molecule has 0 saturated carbocycles. The summed E-state index contributed by atoms with van der Waals surface area (Å²) in [4.78, 5) is 8.34. The Kier molecular flexibility index (Phi) is 6.77. The minimum absolute atomic E-state index is 0.116. The van der Waals surface area contributed by atoms with E-state index in [4.69, 9.17) is 23.7 Å². The van der Waals surface area contributed by atoms with Gasteiger partial charge in [0.05, 0.1) is 25.8 Å². The lowest BCUT2D eigenvalue weighted by molar-refractivity contribution is -0.141. The quantitative estimate of drug-likeness (QED) is 0.651. The first kappa shape index (κ1) is 18.0. The number of rotatable bonds is 9. The maximum atomic E-state index is 5.83. The molecule has 0 N–H and O–H groups in total. The zero-order valence-electron chi connectivity index (χ0n) is 14.3. The second-order valence-corrected chi connectivity index (χ2v) is 4.62. The van der Waals surface area contributed by atoms with Crippen LogP contribution in [0.5, 0.6) is 23.5 Å². The summed E-state index contributed by atoms with van der Waals surface area (Å²) in [5.41, 5.74) is 0.756. The standard InChI is InChI=1S/C17H22N2O5/c1-5-22-16(23-6-2)12-9-7-8-10-13(12)24-17-18-14(20-3)11-15(19-17)21-4/h7-11,16H,5-6H2,1-4H3. The lowest BCUT2D eigenvalue weighted by Gasteiger charge is -2.19. The van der Waals surface area contributed by atoms with Gasteiger partial charge in [0.15, 0.2) is 6.29 Å². The fourth-order valence-electron chi connectivity index (χ4n) is 2.04. The maximum Gasteiger partial charge on any atom is 0.328 e. The number of ether oxygens (including phenoxy) is 5. The van der Waals surface area contributed by atoms with E-state index in [0.717, 1.165) is 5.56 Å². The lowest BCUT2D eigenvalue weighted by Crippen LogP contribution is -2.10.